The largest absolute Gasteiger partial charge is 0.454 e. The van der Waals surface area contributed by atoms with E-state index in [0.29, 0.717) is 0 Å². The van der Waals surface area contributed by atoms with Crippen LogP contribution < -0.4 is 5.32 Å². The Hall–Kier alpha value is -6.32. The Balaban J connectivity index is 1.14. The molecule has 3 heterocycles. The number of para-hydroxylation sites is 2. The van der Waals surface area contributed by atoms with Gasteiger partial charge in [0.05, 0.1) is 22.8 Å². The van der Waals surface area contributed by atoms with Crippen molar-refractivity contribution in [1.82, 2.24) is 9.88 Å². The van der Waals surface area contributed by atoms with E-state index in [1.165, 1.54) is 38.6 Å². The summed E-state index contributed by atoms with van der Waals surface area (Å²) in [5.74, 6) is 0. The summed E-state index contributed by atoms with van der Waals surface area (Å²) in [5, 5.41) is 8.45. The molecule has 1 unspecified atom stereocenters. The van der Waals surface area contributed by atoms with Gasteiger partial charge in [0, 0.05) is 32.8 Å². The van der Waals surface area contributed by atoms with Crippen LogP contribution in [0.1, 0.15) is 11.1 Å². The second-order valence-electron chi connectivity index (χ2n) is 12.6. The van der Waals surface area contributed by atoms with Gasteiger partial charge in [-0.25, -0.2) is 0 Å². The van der Waals surface area contributed by atoms with E-state index in [0.717, 1.165) is 49.9 Å². The summed E-state index contributed by atoms with van der Waals surface area (Å²) in [5.41, 5.74) is 13.5. The Morgan fingerprint density at radius 1 is 0.542 bits per heavy atom. The summed E-state index contributed by atoms with van der Waals surface area (Å²) in [7, 11) is 0. The van der Waals surface area contributed by atoms with E-state index in [4.69, 9.17) is 4.42 Å². The maximum Gasteiger partial charge on any atom is 0.159 e. The van der Waals surface area contributed by atoms with Gasteiger partial charge < -0.3 is 14.3 Å². The lowest BCUT2D eigenvalue weighted by Gasteiger charge is -2.29. The van der Waals surface area contributed by atoms with Gasteiger partial charge in [-0.1, -0.05) is 127 Å². The summed E-state index contributed by atoms with van der Waals surface area (Å²) in [6, 6.07) is 49.9. The molecule has 0 bridgehead atoms. The molecule has 3 nitrogen and oxygen atoms in total. The van der Waals surface area contributed by atoms with Crippen LogP contribution in [0.15, 0.2) is 180 Å². The van der Waals surface area contributed by atoms with Crippen LogP contribution in [0.5, 0.6) is 0 Å². The zero-order valence-corrected chi connectivity index (χ0v) is 26.1. The summed E-state index contributed by atoms with van der Waals surface area (Å²) in [6.07, 6.45) is 11.0. The highest BCUT2D eigenvalue weighted by atomic mass is 16.3. The average molecular weight is 615 g/mol. The fourth-order valence-corrected chi connectivity index (χ4v) is 7.57. The SMILES string of the molecule is C1=CC2=C(c3ccccc3)C=C(c3ccc4c(c3)oc3c(-n5c6ccccc6c6cc(-c7ccccc7)ccc65)cccc34)NC2C=C1. The van der Waals surface area contributed by atoms with Gasteiger partial charge in [0.25, 0.3) is 0 Å². The number of nitrogens with zero attached hydrogens (tertiary/aromatic N) is 1. The number of allylic oxidation sites excluding steroid dienone is 4. The number of dihydropyridines is 1. The monoisotopic (exact) mass is 614 g/mol. The predicted octanol–water partition coefficient (Wildman–Crippen LogP) is 11.2. The first kappa shape index (κ1) is 26.9. The van der Waals surface area contributed by atoms with Crippen LogP contribution in [-0.4, -0.2) is 10.6 Å². The molecular formula is C45H30N2O. The van der Waals surface area contributed by atoms with Crippen LogP contribution in [-0.2, 0) is 0 Å². The topological polar surface area (TPSA) is 30.1 Å². The van der Waals surface area contributed by atoms with Crippen LogP contribution in [0.4, 0.5) is 0 Å². The highest BCUT2D eigenvalue weighted by Crippen LogP contribution is 2.40. The van der Waals surface area contributed by atoms with Crippen LogP contribution in [0.3, 0.4) is 0 Å². The first-order valence-corrected chi connectivity index (χ1v) is 16.5. The molecule has 3 heteroatoms. The molecule has 226 valence electrons. The van der Waals surface area contributed by atoms with Gasteiger partial charge in [-0.3, -0.25) is 0 Å². The number of aromatic nitrogens is 1. The standard InChI is InChI=1S/C45H30N2O/c1-3-12-29(13-4-1)31-23-25-42-38(26-31)34-17-8-10-20-41(34)47(42)43-21-11-18-36-35-24-22-32(27-44(35)48-45(36)43)40-28-37(30-14-5-2-6-15-30)33-16-7-9-19-39(33)46-40/h1-28,39,46H. The Morgan fingerprint density at radius 3 is 2.17 bits per heavy atom. The normalized spacial score (nSPS) is 15.8. The van der Waals surface area contributed by atoms with Crippen molar-refractivity contribution in [3.8, 4) is 16.8 Å². The summed E-state index contributed by atoms with van der Waals surface area (Å²) in [4.78, 5) is 0. The molecule has 0 saturated carbocycles. The minimum absolute atomic E-state index is 0.112. The number of rotatable bonds is 4. The first-order chi connectivity index (χ1) is 23.8. The molecule has 2 aliphatic rings. The summed E-state index contributed by atoms with van der Waals surface area (Å²) < 4.78 is 9.19. The van der Waals surface area contributed by atoms with Gasteiger partial charge in [-0.05, 0) is 70.3 Å². The van der Waals surface area contributed by atoms with Crippen LogP contribution >= 0.6 is 0 Å². The molecule has 48 heavy (non-hydrogen) atoms. The fourth-order valence-electron chi connectivity index (χ4n) is 7.57. The van der Waals surface area contributed by atoms with E-state index < -0.39 is 0 Å². The van der Waals surface area contributed by atoms with Gasteiger partial charge in [-0.2, -0.15) is 0 Å². The predicted molar refractivity (Wildman–Crippen MR) is 200 cm³/mol. The third kappa shape index (κ3) is 4.14. The Labute approximate surface area is 278 Å². The molecule has 0 spiro atoms. The summed E-state index contributed by atoms with van der Waals surface area (Å²) >= 11 is 0. The minimum atomic E-state index is 0.112. The Morgan fingerprint density at radius 2 is 1.29 bits per heavy atom. The second-order valence-corrected chi connectivity index (χ2v) is 12.6. The molecule has 0 saturated heterocycles. The highest BCUT2D eigenvalue weighted by Gasteiger charge is 2.24. The van der Waals surface area contributed by atoms with Crippen molar-refractivity contribution in [3.05, 3.63) is 187 Å². The Kier molecular flexibility index (Phi) is 5.94. The van der Waals surface area contributed by atoms with Gasteiger partial charge in [0.15, 0.2) is 5.58 Å². The maximum absolute atomic E-state index is 6.83. The molecule has 8 aromatic rings. The zero-order chi connectivity index (χ0) is 31.6. The second kappa shape index (κ2) is 10.6. The van der Waals surface area contributed by atoms with Crippen LogP contribution in [0.25, 0.3) is 71.8 Å². The number of nitrogens with one attached hydrogen (secondary N) is 1. The van der Waals surface area contributed by atoms with Crippen molar-refractivity contribution >= 4 is 55.0 Å². The van der Waals surface area contributed by atoms with E-state index in [2.05, 4.69) is 180 Å². The molecule has 1 aliphatic carbocycles. The van der Waals surface area contributed by atoms with Crippen molar-refractivity contribution in [3.63, 3.8) is 0 Å². The number of hydrogen-bond acceptors (Lipinski definition) is 2. The van der Waals surface area contributed by atoms with E-state index in [9.17, 15) is 0 Å². The minimum Gasteiger partial charge on any atom is -0.454 e. The molecular weight excluding hydrogens is 585 g/mol. The first-order valence-electron chi connectivity index (χ1n) is 16.5. The van der Waals surface area contributed by atoms with E-state index in [-0.39, 0.29) is 6.04 Å². The lowest BCUT2D eigenvalue weighted by Crippen LogP contribution is -2.31. The number of furan rings is 1. The Bertz CT molecular complexity index is 2680. The van der Waals surface area contributed by atoms with Crippen LogP contribution in [0.2, 0.25) is 0 Å². The smallest absolute Gasteiger partial charge is 0.159 e. The quantitative estimate of drug-likeness (QED) is 0.214. The summed E-state index contributed by atoms with van der Waals surface area (Å²) in [6.45, 7) is 0. The third-order valence-corrected chi connectivity index (χ3v) is 9.83. The molecule has 1 aliphatic heterocycles. The van der Waals surface area contributed by atoms with Gasteiger partial charge in [0.2, 0.25) is 0 Å². The van der Waals surface area contributed by atoms with Crippen molar-refractivity contribution in [2.24, 2.45) is 0 Å². The van der Waals surface area contributed by atoms with Crippen molar-refractivity contribution in [1.29, 1.82) is 0 Å². The van der Waals surface area contributed by atoms with E-state index in [1.54, 1.807) is 0 Å². The lowest BCUT2D eigenvalue weighted by molar-refractivity contribution is 0.666. The van der Waals surface area contributed by atoms with Gasteiger partial charge in [-0.15, -0.1) is 0 Å². The highest BCUT2D eigenvalue weighted by molar-refractivity contribution is 6.13. The molecule has 1 atom stereocenters. The molecule has 0 radical (unpaired) electrons. The van der Waals surface area contributed by atoms with E-state index in [1.807, 2.05) is 0 Å². The maximum atomic E-state index is 6.83. The number of benzene rings is 6. The third-order valence-electron chi connectivity index (χ3n) is 9.83. The van der Waals surface area contributed by atoms with Crippen molar-refractivity contribution < 1.29 is 4.42 Å². The van der Waals surface area contributed by atoms with Gasteiger partial charge >= 0.3 is 0 Å². The molecule has 10 rings (SSSR count). The fraction of sp³-hybridized carbons (Fsp3) is 0.0222. The zero-order valence-electron chi connectivity index (χ0n) is 26.1. The van der Waals surface area contributed by atoms with Gasteiger partial charge in [0.1, 0.15) is 5.58 Å². The molecule has 1 N–H and O–H groups in total. The van der Waals surface area contributed by atoms with Crippen molar-refractivity contribution in [2.45, 2.75) is 6.04 Å². The molecule has 0 amide bonds. The van der Waals surface area contributed by atoms with E-state index >= 15 is 0 Å². The van der Waals surface area contributed by atoms with Crippen LogP contribution in [0, 0.1) is 0 Å². The molecule has 0 fully saturated rings. The number of fused-ring (bicyclic) bond motifs is 7. The molecule has 2 aromatic heterocycles. The average Bonchev–Trinajstić information content (AvgIpc) is 3.70. The van der Waals surface area contributed by atoms with Crippen molar-refractivity contribution in [2.75, 3.05) is 0 Å². The molecule has 6 aromatic carbocycles. The number of hydrogen-bond donors (Lipinski definition) is 1. The lowest BCUT2D eigenvalue weighted by atomic mass is 9.87.